The Morgan fingerprint density at radius 2 is 0.481 bits per heavy atom. The molecule has 0 aliphatic heterocycles. The van der Waals surface area contributed by atoms with Crippen LogP contribution in [-0.4, -0.2) is 37.2 Å². The summed E-state index contributed by atoms with van der Waals surface area (Å²) in [6.07, 6.45) is 94.2. The van der Waals surface area contributed by atoms with Crippen LogP contribution in [0.15, 0.2) is 109 Å². The second-order valence-electron chi connectivity index (χ2n) is 22.7. The van der Waals surface area contributed by atoms with E-state index < -0.39 is 6.10 Å². The van der Waals surface area contributed by atoms with Gasteiger partial charge in [-0.15, -0.1) is 0 Å². The van der Waals surface area contributed by atoms with E-state index in [-0.39, 0.29) is 31.1 Å². The molecule has 81 heavy (non-hydrogen) atoms. The van der Waals surface area contributed by atoms with Crippen molar-refractivity contribution in [3.63, 3.8) is 0 Å². The highest BCUT2D eigenvalue weighted by molar-refractivity contribution is 5.71. The van der Waals surface area contributed by atoms with E-state index in [0.717, 1.165) is 116 Å². The predicted octanol–water partition coefficient (Wildman–Crippen LogP) is 23.8. The maximum atomic E-state index is 12.9. The molecule has 0 aliphatic carbocycles. The fourth-order valence-corrected chi connectivity index (χ4v) is 9.63. The van der Waals surface area contributed by atoms with Gasteiger partial charge in [0.1, 0.15) is 13.2 Å². The van der Waals surface area contributed by atoms with Crippen molar-refractivity contribution in [1.29, 1.82) is 0 Å². The van der Waals surface area contributed by atoms with Crippen molar-refractivity contribution in [3.05, 3.63) is 109 Å². The van der Waals surface area contributed by atoms with E-state index in [2.05, 4.69) is 130 Å². The molecule has 1 atom stereocenters. The first kappa shape index (κ1) is 77.1. The molecule has 0 aromatic carbocycles. The highest BCUT2D eigenvalue weighted by atomic mass is 16.6. The van der Waals surface area contributed by atoms with Crippen LogP contribution < -0.4 is 0 Å². The first-order valence-electron chi connectivity index (χ1n) is 34.4. The molecule has 0 N–H and O–H groups in total. The zero-order chi connectivity index (χ0) is 58.5. The molecule has 0 amide bonds. The van der Waals surface area contributed by atoms with E-state index in [1.807, 2.05) is 0 Å². The molecule has 0 fully saturated rings. The zero-order valence-corrected chi connectivity index (χ0v) is 53.3. The summed E-state index contributed by atoms with van der Waals surface area (Å²) in [6.45, 7) is 6.49. The highest BCUT2D eigenvalue weighted by Crippen LogP contribution is 2.17. The quantitative estimate of drug-likeness (QED) is 0.0261. The lowest BCUT2D eigenvalue weighted by Gasteiger charge is -2.18. The van der Waals surface area contributed by atoms with Gasteiger partial charge in [0.15, 0.2) is 6.10 Å². The summed E-state index contributed by atoms with van der Waals surface area (Å²) in [4.78, 5) is 38.2. The molecule has 6 heteroatoms. The molecule has 0 aliphatic rings. The van der Waals surface area contributed by atoms with Gasteiger partial charge in [0.05, 0.1) is 0 Å². The molecule has 1 unspecified atom stereocenters. The van der Waals surface area contributed by atoms with E-state index in [1.165, 1.54) is 173 Å². The summed E-state index contributed by atoms with van der Waals surface area (Å²) in [5.41, 5.74) is 0. The van der Waals surface area contributed by atoms with Crippen molar-refractivity contribution < 1.29 is 28.6 Å². The minimum absolute atomic E-state index is 0.0801. The molecule has 0 saturated carbocycles. The summed E-state index contributed by atoms with van der Waals surface area (Å²) >= 11 is 0. The number of allylic oxidation sites excluding steroid dienone is 18. The van der Waals surface area contributed by atoms with E-state index in [1.54, 1.807) is 0 Å². The van der Waals surface area contributed by atoms with Gasteiger partial charge in [-0.1, -0.05) is 310 Å². The summed E-state index contributed by atoms with van der Waals surface area (Å²) in [5.74, 6) is -0.886. The number of ether oxygens (including phenoxy) is 3. The third-order valence-corrected chi connectivity index (χ3v) is 14.8. The summed E-state index contributed by atoms with van der Waals surface area (Å²) in [6, 6.07) is 0. The average Bonchev–Trinajstić information content (AvgIpc) is 3.46. The number of rotatable bonds is 62. The minimum Gasteiger partial charge on any atom is -0.462 e. The molecule has 0 aromatic heterocycles. The molecule has 464 valence electrons. The molecule has 0 spiro atoms. The van der Waals surface area contributed by atoms with Crippen LogP contribution in [0.25, 0.3) is 0 Å². The maximum absolute atomic E-state index is 12.9. The minimum atomic E-state index is -0.782. The van der Waals surface area contributed by atoms with E-state index in [0.29, 0.717) is 19.3 Å². The smallest absolute Gasteiger partial charge is 0.306 e. The standard InChI is InChI=1S/C75H128O6/c1-4-7-10-13-16-18-20-22-24-26-28-30-32-34-36-37-39-40-42-44-46-48-50-52-54-56-59-62-65-68-74(77)80-71-72(70-79-73(76)67-64-61-58-15-12-9-6-3)81-75(78)69-66-63-60-57-55-53-51-49-47-45-43-41-38-35-33-31-29-27-25-23-21-19-17-14-11-8-5-2/h8,11,17,19-20,22-23,25-26,28-29,31-32,34-35,38,43,45,72H,4-7,9-10,12-16,18,21,24,27,30,33,36-37,39-42,44,46-71H2,1-3H3/b11-8-,19-17-,22-20-,25-23-,28-26-,31-29-,34-32-,38-35-,45-43-. The number of hydrogen-bond donors (Lipinski definition) is 0. The molecular weight excluding hydrogens is 997 g/mol. The van der Waals surface area contributed by atoms with Gasteiger partial charge in [-0.05, 0) is 109 Å². The van der Waals surface area contributed by atoms with Gasteiger partial charge in [-0.25, -0.2) is 0 Å². The van der Waals surface area contributed by atoms with Crippen molar-refractivity contribution in [2.75, 3.05) is 13.2 Å². The number of carbonyl (C=O) groups is 3. The van der Waals surface area contributed by atoms with E-state index in [4.69, 9.17) is 14.2 Å². The Bertz CT molecular complexity index is 1620. The van der Waals surface area contributed by atoms with Gasteiger partial charge < -0.3 is 14.2 Å². The van der Waals surface area contributed by atoms with Gasteiger partial charge in [0, 0.05) is 19.3 Å². The molecule has 0 rings (SSSR count). The molecule has 0 saturated heterocycles. The normalized spacial score (nSPS) is 12.8. The monoisotopic (exact) mass is 1120 g/mol. The van der Waals surface area contributed by atoms with E-state index in [9.17, 15) is 14.4 Å². The summed E-state index contributed by atoms with van der Waals surface area (Å²) < 4.78 is 16.9. The Labute approximate surface area is 501 Å². The fourth-order valence-electron chi connectivity index (χ4n) is 9.63. The molecule has 0 bridgehead atoms. The van der Waals surface area contributed by atoms with Crippen molar-refractivity contribution >= 4 is 17.9 Å². The highest BCUT2D eigenvalue weighted by Gasteiger charge is 2.19. The fraction of sp³-hybridized carbons (Fsp3) is 0.720. The number of esters is 3. The Hall–Kier alpha value is -3.93. The van der Waals surface area contributed by atoms with Crippen LogP contribution in [-0.2, 0) is 28.6 Å². The predicted molar refractivity (Wildman–Crippen MR) is 353 cm³/mol. The Kier molecular flexibility index (Phi) is 65.2. The zero-order valence-electron chi connectivity index (χ0n) is 53.3. The van der Waals surface area contributed by atoms with Crippen LogP contribution in [0.3, 0.4) is 0 Å². The van der Waals surface area contributed by atoms with Crippen LogP contribution in [0.2, 0.25) is 0 Å². The molecule has 0 radical (unpaired) electrons. The maximum Gasteiger partial charge on any atom is 0.306 e. The van der Waals surface area contributed by atoms with Crippen LogP contribution in [0, 0.1) is 0 Å². The number of unbranched alkanes of at least 4 members (excludes halogenated alkanes) is 33. The van der Waals surface area contributed by atoms with Crippen molar-refractivity contribution in [2.24, 2.45) is 0 Å². The van der Waals surface area contributed by atoms with Gasteiger partial charge in [0.2, 0.25) is 0 Å². The van der Waals surface area contributed by atoms with Crippen molar-refractivity contribution in [3.8, 4) is 0 Å². The average molecular weight is 1130 g/mol. The van der Waals surface area contributed by atoms with Gasteiger partial charge >= 0.3 is 17.9 Å². The van der Waals surface area contributed by atoms with Crippen LogP contribution in [0.4, 0.5) is 0 Å². The van der Waals surface area contributed by atoms with Gasteiger partial charge in [-0.3, -0.25) is 14.4 Å². The largest absolute Gasteiger partial charge is 0.462 e. The molecule has 0 heterocycles. The second kappa shape index (κ2) is 68.6. The first-order valence-corrected chi connectivity index (χ1v) is 34.4. The molecular formula is C75H128O6. The number of hydrogen-bond acceptors (Lipinski definition) is 6. The van der Waals surface area contributed by atoms with Crippen LogP contribution in [0.1, 0.15) is 329 Å². The Morgan fingerprint density at radius 3 is 0.753 bits per heavy atom. The van der Waals surface area contributed by atoms with Crippen LogP contribution in [0.5, 0.6) is 0 Å². The van der Waals surface area contributed by atoms with Crippen molar-refractivity contribution in [2.45, 2.75) is 335 Å². The third-order valence-electron chi connectivity index (χ3n) is 14.8. The van der Waals surface area contributed by atoms with Gasteiger partial charge in [0.25, 0.3) is 0 Å². The SMILES string of the molecule is CC/C=C\C/C=C\C/C=C\C/C=C\C/C=C\C/C=C\CCCCCCCCCCC(=O)OC(COC(=O)CCCCCCCCC)COC(=O)CCCCCCCCCCCCCCCC/C=C\C/C=C\C/C=C\CCCCCCC. The van der Waals surface area contributed by atoms with Gasteiger partial charge in [-0.2, -0.15) is 0 Å². The lowest BCUT2D eigenvalue weighted by Crippen LogP contribution is -2.30. The van der Waals surface area contributed by atoms with E-state index >= 15 is 0 Å². The topological polar surface area (TPSA) is 78.9 Å². The third kappa shape index (κ3) is 66.8. The Morgan fingerprint density at radius 1 is 0.259 bits per heavy atom. The Balaban J connectivity index is 4.12. The lowest BCUT2D eigenvalue weighted by atomic mass is 10.0. The first-order chi connectivity index (χ1) is 40.0. The van der Waals surface area contributed by atoms with Crippen LogP contribution >= 0.6 is 0 Å². The lowest BCUT2D eigenvalue weighted by molar-refractivity contribution is -0.167. The summed E-state index contributed by atoms with van der Waals surface area (Å²) in [5, 5.41) is 0. The number of carbonyl (C=O) groups excluding carboxylic acids is 3. The second-order valence-corrected chi connectivity index (χ2v) is 22.7. The molecule has 6 nitrogen and oxygen atoms in total. The van der Waals surface area contributed by atoms with Crippen molar-refractivity contribution in [1.82, 2.24) is 0 Å². The summed E-state index contributed by atoms with van der Waals surface area (Å²) in [7, 11) is 0. The molecule has 0 aromatic rings.